The van der Waals surface area contributed by atoms with Gasteiger partial charge in [-0.05, 0) is 32.1 Å². The van der Waals surface area contributed by atoms with Crippen LogP contribution < -0.4 is 10.2 Å². The molecule has 1 aliphatic rings. The molecule has 1 aliphatic carbocycles. The molecule has 0 radical (unpaired) electrons. The summed E-state index contributed by atoms with van der Waals surface area (Å²) in [6, 6.07) is -1.04. The van der Waals surface area contributed by atoms with Crippen LogP contribution in [0.2, 0.25) is 0 Å². The van der Waals surface area contributed by atoms with Gasteiger partial charge < -0.3 is 44.2 Å². The molecule has 1 amide bonds. The average Bonchev–Trinajstić information content (AvgIpc) is 3.40. The van der Waals surface area contributed by atoms with Gasteiger partial charge in [-0.1, -0.05) is 128 Å². The van der Waals surface area contributed by atoms with Crippen molar-refractivity contribution < 1.29 is 53.0 Å². The summed E-state index contributed by atoms with van der Waals surface area (Å²) in [6.07, 6.45) is 24.1. The fourth-order valence-electron chi connectivity index (χ4n) is 7.21. The zero-order chi connectivity index (χ0) is 42.5. The number of quaternary nitrogens is 1. The zero-order valence-corrected chi connectivity index (χ0v) is 37.3. The molecule has 5 N–H and O–H groups in total. The normalized spacial score (nSPS) is 21.6. The SMILES string of the molecule is CCCCCCCCCCCCCC/C=C/[C@@H](O)[C@H](COP(=O)([O-])OCC[N+](C)(C)C)NC(=O)CCCCC(=O)C[C@@H]1[C@@H](/C=C/[C@@H](O)CCCCC)[C@H](O)C[C@@H]1O. The molecule has 1 rings (SSSR count). The van der Waals surface area contributed by atoms with Crippen molar-refractivity contribution in [3.63, 3.8) is 0 Å². The molecule has 0 spiro atoms. The van der Waals surface area contributed by atoms with Gasteiger partial charge in [-0.15, -0.1) is 0 Å². The second-order valence-electron chi connectivity index (χ2n) is 17.4. The summed E-state index contributed by atoms with van der Waals surface area (Å²) in [5.41, 5.74) is 0. The van der Waals surface area contributed by atoms with Gasteiger partial charge in [-0.25, -0.2) is 0 Å². The Morgan fingerprint density at radius 1 is 0.807 bits per heavy atom. The summed E-state index contributed by atoms with van der Waals surface area (Å²) in [5, 5.41) is 45.1. The fraction of sp³-hybridized carbons (Fsp3) is 0.864. The van der Waals surface area contributed by atoms with Crippen molar-refractivity contribution in [1.82, 2.24) is 5.32 Å². The third kappa shape index (κ3) is 27.8. The number of rotatable bonds is 36. The van der Waals surface area contributed by atoms with E-state index in [1.54, 1.807) is 18.2 Å². The van der Waals surface area contributed by atoms with Crippen LogP contribution in [0, 0.1) is 11.8 Å². The number of hydrogen-bond donors (Lipinski definition) is 5. The minimum absolute atomic E-state index is 0.0557. The maximum atomic E-state index is 13.0. The van der Waals surface area contributed by atoms with Crippen molar-refractivity contribution in [1.29, 1.82) is 0 Å². The van der Waals surface area contributed by atoms with Gasteiger partial charge in [-0.2, -0.15) is 0 Å². The average molecular weight is 831 g/mol. The molecular weight excluding hydrogens is 747 g/mol. The standard InChI is InChI=1S/C44H83N2O10P/c1-6-8-10-11-12-13-14-15-16-17-18-19-20-22-27-41(49)40(35-56-57(53,54)55-32-31-46(3,4)5)45-44(52)28-24-23-26-37(48)33-39-38(42(50)34-43(39)51)30-29-36(47)25-21-9-7-2/h22,27,29-30,36,38-43,47,49-51H,6-21,23-26,28,31-35H2,1-5H3,(H-,45,52,53,54)/b27-22+,30-29+/t36-,38+,39+,40-,41+,42+,43-/m0/s1. The lowest BCUT2D eigenvalue weighted by atomic mass is 9.87. The molecule has 1 saturated carbocycles. The summed E-state index contributed by atoms with van der Waals surface area (Å²) in [4.78, 5) is 38.4. The van der Waals surface area contributed by atoms with E-state index in [1.807, 2.05) is 27.2 Å². The molecule has 0 aromatic rings. The molecule has 57 heavy (non-hydrogen) atoms. The first kappa shape index (κ1) is 53.5. The maximum Gasteiger partial charge on any atom is 0.268 e. The van der Waals surface area contributed by atoms with E-state index < -0.39 is 62.6 Å². The van der Waals surface area contributed by atoms with Gasteiger partial charge in [-0.3, -0.25) is 14.2 Å². The van der Waals surface area contributed by atoms with Crippen LogP contribution in [0.15, 0.2) is 24.3 Å². The Balaban J connectivity index is 2.60. The highest BCUT2D eigenvalue weighted by Gasteiger charge is 2.41. The topological polar surface area (TPSA) is 186 Å². The molecule has 12 nitrogen and oxygen atoms in total. The summed E-state index contributed by atoms with van der Waals surface area (Å²) < 4.78 is 23.1. The number of nitrogens with zero attached hydrogens (tertiary/aromatic N) is 1. The van der Waals surface area contributed by atoms with E-state index in [1.165, 1.54) is 64.2 Å². The number of ketones is 1. The summed E-state index contributed by atoms with van der Waals surface area (Å²) >= 11 is 0. The third-order valence-corrected chi connectivity index (χ3v) is 11.9. The minimum Gasteiger partial charge on any atom is -0.756 e. The monoisotopic (exact) mass is 831 g/mol. The number of aliphatic hydroxyl groups excluding tert-OH is 4. The molecule has 8 atom stereocenters. The van der Waals surface area contributed by atoms with Gasteiger partial charge >= 0.3 is 0 Å². The number of nitrogens with one attached hydrogen (secondary N) is 1. The first-order chi connectivity index (χ1) is 27.1. The number of hydrogen-bond acceptors (Lipinski definition) is 10. The fourth-order valence-corrected chi connectivity index (χ4v) is 7.93. The molecule has 0 aromatic carbocycles. The molecule has 1 unspecified atom stereocenters. The molecule has 334 valence electrons. The maximum absolute atomic E-state index is 13.0. The van der Waals surface area contributed by atoms with Gasteiger partial charge in [0.25, 0.3) is 7.82 Å². The number of carbonyl (C=O) groups excluding carboxylic acids is 2. The molecule has 0 heterocycles. The van der Waals surface area contributed by atoms with Crippen LogP contribution in [0.4, 0.5) is 0 Å². The van der Waals surface area contributed by atoms with E-state index in [4.69, 9.17) is 9.05 Å². The molecular formula is C44H83N2O10P. The lowest BCUT2D eigenvalue weighted by Crippen LogP contribution is -2.45. The lowest BCUT2D eigenvalue weighted by Gasteiger charge is -2.29. The van der Waals surface area contributed by atoms with Gasteiger partial charge in [0.05, 0.1) is 58.2 Å². The van der Waals surface area contributed by atoms with E-state index in [9.17, 15) is 39.5 Å². The first-order valence-corrected chi connectivity index (χ1v) is 23.8. The van der Waals surface area contributed by atoms with Crippen LogP contribution in [-0.2, 0) is 23.2 Å². The molecule has 0 aliphatic heterocycles. The minimum atomic E-state index is -4.69. The molecule has 0 bridgehead atoms. The Kier molecular flexibility index (Phi) is 29.5. The Bertz CT molecular complexity index is 1160. The predicted molar refractivity (Wildman–Crippen MR) is 226 cm³/mol. The predicted octanol–water partition coefficient (Wildman–Crippen LogP) is 7.06. The number of likely N-dealkylation sites (N-methyl/N-ethyl adjacent to an activating group) is 1. The summed E-state index contributed by atoms with van der Waals surface area (Å²) in [7, 11) is 1.03. The van der Waals surface area contributed by atoms with E-state index in [0.29, 0.717) is 30.3 Å². The van der Waals surface area contributed by atoms with E-state index >= 15 is 0 Å². The van der Waals surface area contributed by atoms with Crippen molar-refractivity contribution in [3.05, 3.63) is 24.3 Å². The van der Waals surface area contributed by atoms with Crippen LogP contribution in [0.1, 0.15) is 162 Å². The van der Waals surface area contributed by atoms with Gasteiger partial charge in [0.2, 0.25) is 5.91 Å². The van der Waals surface area contributed by atoms with Crippen LogP contribution in [0.25, 0.3) is 0 Å². The number of unbranched alkanes of at least 4 members (excludes halogenated alkanes) is 15. The van der Waals surface area contributed by atoms with Crippen LogP contribution >= 0.6 is 7.82 Å². The van der Waals surface area contributed by atoms with Crippen molar-refractivity contribution in [2.24, 2.45) is 11.8 Å². The van der Waals surface area contributed by atoms with E-state index in [2.05, 4.69) is 19.2 Å². The molecule has 13 heteroatoms. The van der Waals surface area contributed by atoms with E-state index in [-0.39, 0.29) is 38.1 Å². The Morgan fingerprint density at radius 3 is 2.00 bits per heavy atom. The highest BCUT2D eigenvalue weighted by Crippen LogP contribution is 2.39. The quantitative estimate of drug-likeness (QED) is 0.0190. The van der Waals surface area contributed by atoms with Crippen molar-refractivity contribution in [3.8, 4) is 0 Å². The van der Waals surface area contributed by atoms with Crippen molar-refractivity contribution in [2.75, 3.05) is 40.9 Å². The lowest BCUT2D eigenvalue weighted by molar-refractivity contribution is -0.870. The van der Waals surface area contributed by atoms with Gasteiger partial charge in [0, 0.05) is 37.5 Å². The van der Waals surface area contributed by atoms with Crippen LogP contribution in [0.5, 0.6) is 0 Å². The second kappa shape index (κ2) is 31.4. The molecule has 0 aromatic heterocycles. The van der Waals surface area contributed by atoms with Gasteiger partial charge in [0.1, 0.15) is 18.9 Å². The Hall–Kier alpha value is -1.47. The zero-order valence-electron chi connectivity index (χ0n) is 36.4. The number of carbonyl (C=O) groups is 2. The van der Waals surface area contributed by atoms with Crippen LogP contribution in [-0.4, -0.2) is 108 Å². The number of phosphoric acid groups is 1. The number of amides is 1. The number of aliphatic hydroxyl groups is 4. The highest BCUT2D eigenvalue weighted by atomic mass is 31.2. The third-order valence-electron chi connectivity index (χ3n) is 10.9. The largest absolute Gasteiger partial charge is 0.756 e. The van der Waals surface area contributed by atoms with E-state index in [0.717, 1.165) is 38.5 Å². The number of allylic oxidation sites excluding steroid dienone is 1. The highest BCUT2D eigenvalue weighted by molar-refractivity contribution is 7.45. The second-order valence-corrected chi connectivity index (χ2v) is 18.8. The van der Waals surface area contributed by atoms with Crippen LogP contribution in [0.3, 0.4) is 0 Å². The molecule has 1 fully saturated rings. The first-order valence-electron chi connectivity index (χ1n) is 22.4. The number of Topliss-reactive ketones (excluding diaryl/α,β-unsaturated/α-hetero) is 1. The summed E-state index contributed by atoms with van der Waals surface area (Å²) in [6.45, 7) is 4.20. The Labute approximate surface area is 346 Å². The Morgan fingerprint density at radius 2 is 1.39 bits per heavy atom. The van der Waals surface area contributed by atoms with Crippen molar-refractivity contribution in [2.45, 2.75) is 192 Å². The summed E-state index contributed by atoms with van der Waals surface area (Å²) in [5.74, 6) is -1.36. The number of phosphoric ester groups is 1. The molecule has 0 saturated heterocycles. The van der Waals surface area contributed by atoms with Crippen molar-refractivity contribution >= 4 is 19.5 Å². The smallest absolute Gasteiger partial charge is 0.268 e. The van der Waals surface area contributed by atoms with Gasteiger partial charge in [0.15, 0.2) is 0 Å².